The van der Waals surface area contributed by atoms with Crippen molar-refractivity contribution in [3.05, 3.63) is 35.2 Å². The molecule has 0 aliphatic rings. The van der Waals surface area contributed by atoms with E-state index in [2.05, 4.69) is 10.1 Å². The van der Waals surface area contributed by atoms with Crippen molar-refractivity contribution < 1.29 is 14.4 Å². The number of carboxylic acids is 1. The van der Waals surface area contributed by atoms with E-state index in [-0.39, 0.29) is 0 Å². The SMILES string of the molecule is CCC(SCc1nc(-c2cccc(Cl)c2)no1)C(=O)O. The fraction of sp³-hybridized carbons (Fsp3) is 0.308. The van der Waals surface area contributed by atoms with Crippen molar-refractivity contribution in [2.24, 2.45) is 0 Å². The first kappa shape index (κ1) is 14.9. The van der Waals surface area contributed by atoms with Crippen molar-refractivity contribution in [3.63, 3.8) is 0 Å². The van der Waals surface area contributed by atoms with E-state index in [1.807, 2.05) is 13.0 Å². The lowest BCUT2D eigenvalue weighted by atomic mass is 10.2. The van der Waals surface area contributed by atoms with Gasteiger partial charge in [0.2, 0.25) is 11.7 Å². The van der Waals surface area contributed by atoms with Crippen LogP contribution >= 0.6 is 23.4 Å². The highest BCUT2D eigenvalue weighted by molar-refractivity contribution is 7.99. The minimum absolute atomic E-state index is 0.373. The maximum absolute atomic E-state index is 10.9. The third-order valence-electron chi connectivity index (χ3n) is 2.61. The summed E-state index contributed by atoms with van der Waals surface area (Å²) in [4.78, 5) is 15.2. The molecule has 106 valence electrons. The Hall–Kier alpha value is -1.53. The van der Waals surface area contributed by atoms with Crippen LogP contribution in [0.15, 0.2) is 28.8 Å². The number of benzene rings is 1. The molecule has 0 bridgehead atoms. The molecule has 0 aliphatic heterocycles. The van der Waals surface area contributed by atoms with Gasteiger partial charge in [-0.25, -0.2) is 0 Å². The predicted octanol–water partition coefficient (Wildman–Crippen LogP) is 3.49. The number of carbonyl (C=O) groups is 1. The minimum Gasteiger partial charge on any atom is -0.480 e. The molecule has 0 saturated carbocycles. The number of rotatable bonds is 6. The number of nitrogens with zero attached hydrogens (tertiary/aromatic N) is 2. The van der Waals surface area contributed by atoms with Gasteiger partial charge < -0.3 is 9.63 Å². The monoisotopic (exact) mass is 312 g/mol. The summed E-state index contributed by atoms with van der Waals surface area (Å²) >= 11 is 7.17. The van der Waals surface area contributed by atoms with Crippen LogP contribution in [0.25, 0.3) is 11.4 Å². The van der Waals surface area contributed by atoms with Crippen LogP contribution in [0.3, 0.4) is 0 Å². The maximum atomic E-state index is 10.9. The first-order chi connectivity index (χ1) is 9.60. The predicted molar refractivity (Wildman–Crippen MR) is 77.8 cm³/mol. The van der Waals surface area contributed by atoms with E-state index < -0.39 is 11.2 Å². The Bertz CT molecular complexity index is 603. The first-order valence-corrected chi connectivity index (χ1v) is 7.45. The zero-order chi connectivity index (χ0) is 14.5. The van der Waals surface area contributed by atoms with E-state index in [4.69, 9.17) is 21.2 Å². The fourth-order valence-electron chi connectivity index (χ4n) is 1.59. The number of hydrogen-bond acceptors (Lipinski definition) is 5. The maximum Gasteiger partial charge on any atom is 0.316 e. The molecular weight excluding hydrogens is 300 g/mol. The van der Waals surface area contributed by atoms with Gasteiger partial charge in [-0.3, -0.25) is 4.79 Å². The van der Waals surface area contributed by atoms with Crippen molar-refractivity contribution >= 4 is 29.3 Å². The molecule has 20 heavy (non-hydrogen) atoms. The van der Waals surface area contributed by atoms with Gasteiger partial charge in [-0.15, -0.1) is 11.8 Å². The molecule has 0 amide bonds. The summed E-state index contributed by atoms with van der Waals surface area (Å²) in [5, 5.41) is 13.0. The molecule has 1 aromatic carbocycles. The van der Waals surface area contributed by atoms with E-state index in [0.717, 1.165) is 5.56 Å². The van der Waals surface area contributed by atoms with Crippen molar-refractivity contribution in [2.75, 3.05) is 0 Å². The number of thioether (sulfide) groups is 1. The standard InChI is InChI=1S/C13H13ClN2O3S/c1-2-10(13(17)18)20-7-11-15-12(16-19-11)8-4-3-5-9(14)6-8/h3-6,10H,2,7H2,1H3,(H,17,18). The lowest BCUT2D eigenvalue weighted by Gasteiger charge is -2.06. The molecule has 0 aliphatic carbocycles. The van der Waals surface area contributed by atoms with Crippen molar-refractivity contribution in [1.29, 1.82) is 0 Å². The zero-order valence-corrected chi connectivity index (χ0v) is 12.3. The molecule has 0 fully saturated rings. The first-order valence-electron chi connectivity index (χ1n) is 6.03. The molecule has 2 rings (SSSR count). The van der Waals surface area contributed by atoms with E-state index >= 15 is 0 Å². The number of aliphatic carboxylic acids is 1. The van der Waals surface area contributed by atoms with E-state index in [1.54, 1.807) is 18.2 Å². The molecule has 0 radical (unpaired) electrons. The smallest absolute Gasteiger partial charge is 0.316 e. The van der Waals surface area contributed by atoms with E-state index in [0.29, 0.717) is 28.9 Å². The van der Waals surface area contributed by atoms with Gasteiger partial charge in [-0.2, -0.15) is 4.98 Å². The van der Waals surface area contributed by atoms with Gasteiger partial charge in [-0.05, 0) is 18.6 Å². The van der Waals surface area contributed by atoms with Gasteiger partial charge in [0.05, 0.1) is 5.75 Å². The van der Waals surface area contributed by atoms with Crippen LogP contribution in [0, 0.1) is 0 Å². The summed E-state index contributed by atoms with van der Waals surface area (Å²) in [6, 6.07) is 7.15. The Labute approximate surface area is 125 Å². The van der Waals surface area contributed by atoms with Gasteiger partial charge in [0.15, 0.2) is 0 Å². The second kappa shape index (κ2) is 6.76. The van der Waals surface area contributed by atoms with Crippen molar-refractivity contribution in [1.82, 2.24) is 10.1 Å². The second-order valence-electron chi connectivity index (χ2n) is 4.07. The molecule has 0 saturated heterocycles. The average Bonchev–Trinajstić information content (AvgIpc) is 2.88. The highest BCUT2D eigenvalue weighted by atomic mass is 35.5. The number of aromatic nitrogens is 2. The molecule has 1 N–H and O–H groups in total. The second-order valence-corrected chi connectivity index (χ2v) is 5.70. The summed E-state index contributed by atoms with van der Waals surface area (Å²) in [6.45, 7) is 1.83. The fourth-order valence-corrected chi connectivity index (χ4v) is 2.62. The molecule has 1 heterocycles. The molecule has 0 spiro atoms. The normalized spacial score (nSPS) is 12.3. The van der Waals surface area contributed by atoms with Crippen LogP contribution in [-0.2, 0) is 10.5 Å². The van der Waals surface area contributed by atoms with Crippen LogP contribution in [0.5, 0.6) is 0 Å². The summed E-state index contributed by atoms with van der Waals surface area (Å²) in [6.07, 6.45) is 0.551. The van der Waals surface area contributed by atoms with Crippen LogP contribution in [0.2, 0.25) is 5.02 Å². The molecule has 5 nitrogen and oxygen atoms in total. The van der Waals surface area contributed by atoms with Crippen LogP contribution in [-0.4, -0.2) is 26.5 Å². The lowest BCUT2D eigenvalue weighted by molar-refractivity contribution is -0.136. The van der Waals surface area contributed by atoms with E-state index in [9.17, 15) is 4.79 Å². The van der Waals surface area contributed by atoms with Gasteiger partial charge in [0.25, 0.3) is 0 Å². The van der Waals surface area contributed by atoms with Gasteiger partial charge in [-0.1, -0.05) is 35.8 Å². The summed E-state index contributed by atoms with van der Waals surface area (Å²) in [5.41, 5.74) is 0.766. The van der Waals surface area contributed by atoms with Gasteiger partial charge in [0.1, 0.15) is 5.25 Å². The lowest BCUT2D eigenvalue weighted by Crippen LogP contribution is -2.15. The molecular formula is C13H13ClN2O3S. The Morgan fingerprint density at radius 1 is 1.55 bits per heavy atom. The molecule has 1 atom stereocenters. The van der Waals surface area contributed by atoms with Gasteiger partial charge >= 0.3 is 5.97 Å². The van der Waals surface area contributed by atoms with Crippen molar-refractivity contribution in [2.45, 2.75) is 24.3 Å². The number of carboxylic acid groups (broad SMARTS) is 1. The van der Waals surface area contributed by atoms with Gasteiger partial charge in [0, 0.05) is 10.6 Å². The summed E-state index contributed by atoms with van der Waals surface area (Å²) in [5.74, 6) is 0.404. The number of hydrogen-bond donors (Lipinski definition) is 1. The highest BCUT2D eigenvalue weighted by Gasteiger charge is 2.17. The largest absolute Gasteiger partial charge is 0.480 e. The van der Waals surface area contributed by atoms with Crippen LogP contribution in [0.4, 0.5) is 0 Å². The summed E-state index contributed by atoms with van der Waals surface area (Å²) < 4.78 is 5.12. The van der Waals surface area contributed by atoms with Crippen LogP contribution in [0.1, 0.15) is 19.2 Å². The van der Waals surface area contributed by atoms with Crippen molar-refractivity contribution in [3.8, 4) is 11.4 Å². The number of halogens is 1. The highest BCUT2D eigenvalue weighted by Crippen LogP contribution is 2.23. The Morgan fingerprint density at radius 3 is 3.00 bits per heavy atom. The molecule has 1 unspecified atom stereocenters. The third-order valence-corrected chi connectivity index (χ3v) is 4.19. The zero-order valence-electron chi connectivity index (χ0n) is 10.7. The van der Waals surface area contributed by atoms with E-state index in [1.165, 1.54) is 11.8 Å². The topological polar surface area (TPSA) is 76.2 Å². The Morgan fingerprint density at radius 2 is 2.35 bits per heavy atom. The third kappa shape index (κ3) is 3.74. The Kier molecular flexibility index (Phi) is 5.03. The molecule has 7 heteroatoms. The minimum atomic E-state index is -0.827. The quantitative estimate of drug-likeness (QED) is 0.880. The molecule has 1 aromatic heterocycles. The van der Waals surface area contributed by atoms with Crippen LogP contribution < -0.4 is 0 Å². The summed E-state index contributed by atoms with van der Waals surface area (Å²) in [7, 11) is 0. The molecule has 2 aromatic rings. The average molecular weight is 313 g/mol. The Balaban J connectivity index is 2.04.